The van der Waals surface area contributed by atoms with E-state index in [4.69, 9.17) is 9.47 Å². The summed E-state index contributed by atoms with van der Waals surface area (Å²) >= 11 is 0. The van der Waals surface area contributed by atoms with Crippen molar-refractivity contribution in [2.75, 3.05) is 13.7 Å². The van der Waals surface area contributed by atoms with Gasteiger partial charge in [-0.3, -0.25) is 4.79 Å². The molecule has 0 bridgehead atoms. The Balaban J connectivity index is 1.43. The van der Waals surface area contributed by atoms with Crippen LogP contribution in [0.5, 0.6) is 5.75 Å². The molecule has 31 heavy (non-hydrogen) atoms. The summed E-state index contributed by atoms with van der Waals surface area (Å²) < 4.78 is 11.7. The molecule has 0 unspecified atom stereocenters. The molecule has 0 spiro atoms. The molecule has 164 valence electrons. The maximum atomic E-state index is 12.6. The summed E-state index contributed by atoms with van der Waals surface area (Å²) in [6.07, 6.45) is 7.26. The summed E-state index contributed by atoms with van der Waals surface area (Å²) in [4.78, 5) is 12.6. The van der Waals surface area contributed by atoms with E-state index in [2.05, 4.69) is 43.3 Å². The lowest BCUT2D eigenvalue weighted by Crippen LogP contribution is -2.42. The van der Waals surface area contributed by atoms with Crippen molar-refractivity contribution >= 4 is 5.78 Å². The lowest BCUT2D eigenvalue weighted by Gasteiger charge is -2.48. The zero-order valence-corrected chi connectivity index (χ0v) is 18.9. The van der Waals surface area contributed by atoms with Gasteiger partial charge in [0.05, 0.1) is 6.61 Å². The van der Waals surface area contributed by atoms with Crippen LogP contribution in [0.25, 0.3) is 0 Å². The first-order chi connectivity index (χ1) is 15.1. The second-order valence-corrected chi connectivity index (χ2v) is 10.0. The smallest absolute Gasteiger partial charge is 0.139 e. The summed E-state index contributed by atoms with van der Waals surface area (Å²) in [5.74, 6) is 3.35. The molecule has 0 aliphatic heterocycles. The number of Topliss-reactive ketones (excluding diaryl/α,β-unsaturated/α-hetero) is 1. The Bertz CT molecular complexity index is 950. The molecule has 3 aliphatic rings. The number of rotatable bonds is 6. The number of methoxy groups -OCH3 is 1. The van der Waals surface area contributed by atoms with Gasteiger partial charge in [0.15, 0.2) is 0 Å². The highest BCUT2D eigenvalue weighted by atomic mass is 16.5. The van der Waals surface area contributed by atoms with Crippen molar-refractivity contribution in [1.82, 2.24) is 0 Å². The van der Waals surface area contributed by atoms with Crippen molar-refractivity contribution in [2.24, 2.45) is 17.3 Å². The molecule has 0 amide bonds. The Kier molecular flexibility index (Phi) is 5.64. The average Bonchev–Trinajstić information content (AvgIpc) is 3.11. The van der Waals surface area contributed by atoms with Gasteiger partial charge in [-0.25, -0.2) is 0 Å². The van der Waals surface area contributed by atoms with Gasteiger partial charge in [-0.15, -0.1) is 0 Å². The third-order valence-corrected chi connectivity index (χ3v) is 8.43. The van der Waals surface area contributed by atoms with Crippen LogP contribution in [0, 0.1) is 17.3 Å². The van der Waals surface area contributed by atoms with E-state index in [1.54, 1.807) is 7.11 Å². The Hall–Kier alpha value is -2.13. The summed E-state index contributed by atoms with van der Waals surface area (Å²) in [6.45, 7) is 3.54. The van der Waals surface area contributed by atoms with Crippen molar-refractivity contribution in [3.8, 4) is 5.75 Å². The molecule has 2 aromatic rings. The predicted octanol–water partition coefficient (Wildman–Crippen LogP) is 5.88. The van der Waals surface area contributed by atoms with Crippen molar-refractivity contribution in [3.63, 3.8) is 0 Å². The highest BCUT2D eigenvalue weighted by molar-refractivity contribution is 5.87. The molecule has 2 saturated carbocycles. The van der Waals surface area contributed by atoms with Crippen LogP contribution in [-0.4, -0.2) is 19.5 Å². The number of hydrogen-bond acceptors (Lipinski definition) is 3. The summed E-state index contributed by atoms with van der Waals surface area (Å²) in [7, 11) is 1.76. The first kappa shape index (κ1) is 20.8. The van der Waals surface area contributed by atoms with E-state index < -0.39 is 0 Å². The number of benzene rings is 2. The fourth-order valence-electron chi connectivity index (χ4n) is 6.69. The van der Waals surface area contributed by atoms with Crippen molar-refractivity contribution in [3.05, 3.63) is 64.7 Å². The molecular weight excluding hydrogens is 384 g/mol. The second kappa shape index (κ2) is 8.43. The van der Waals surface area contributed by atoms with E-state index in [1.165, 1.54) is 28.7 Å². The minimum Gasteiger partial charge on any atom is -0.489 e. The molecule has 0 N–H and O–H groups in total. The molecule has 5 rings (SSSR count). The van der Waals surface area contributed by atoms with Gasteiger partial charge in [-0.1, -0.05) is 43.3 Å². The van der Waals surface area contributed by atoms with Crippen LogP contribution in [0.15, 0.2) is 42.5 Å². The first-order valence-corrected chi connectivity index (χ1v) is 11.9. The fraction of sp³-hybridized carbons (Fsp3) is 0.536. The third-order valence-electron chi connectivity index (χ3n) is 8.43. The van der Waals surface area contributed by atoms with Gasteiger partial charge >= 0.3 is 0 Å². The van der Waals surface area contributed by atoms with Gasteiger partial charge < -0.3 is 9.47 Å². The van der Waals surface area contributed by atoms with Crippen LogP contribution in [0.3, 0.4) is 0 Å². The number of carbonyl (C=O) groups is 1. The minimum absolute atomic E-state index is 0.0592. The normalized spacial score (nSPS) is 29.2. The zero-order valence-electron chi connectivity index (χ0n) is 18.9. The van der Waals surface area contributed by atoms with Crippen molar-refractivity contribution in [1.29, 1.82) is 0 Å². The zero-order chi connectivity index (χ0) is 21.4. The third kappa shape index (κ3) is 3.71. The quantitative estimate of drug-likeness (QED) is 0.588. The lowest BCUT2D eigenvalue weighted by molar-refractivity contribution is -0.129. The lowest BCUT2D eigenvalue weighted by atomic mass is 9.55. The average molecular weight is 419 g/mol. The number of ketones is 1. The van der Waals surface area contributed by atoms with Crippen LogP contribution in [-0.2, 0) is 29.0 Å². The van der Waals surface area contributed by atoms with Crippen LogP contribution < -0.4 is 4.74 Å². The van der Waals surface area contributed by atoms with Crippen LogP contribution in [0.2, 0.25) is 0 Å². The van der Waals surface area contributed by atoms with E-state index in [9.17, 15) is 4.79 Å². The number of fused-ring (bicyclic) bond motifs is 5. The second-order valence-electron chi connectivity index (χ2n) is 10.0. The molecule has 3 heteroatoms. The molecule has 2 aromatic carbocycles. The monoisotopic (exact) mass is 418 g/mol. The molecule has 2 fully saturated rings. The van der Waals surface area contributed by atoms with Gasteiger partial charge in [0.25, 0.3) is 0 Å². The number of ether oxygens (including phenoxy) is 2. The van der Waals surface area contributed by atoms with Crippen LogP contribution in [0.4, 0.5) is 0 Å². The Morgan fingerprint density at radius 1 is 1.06 bits per heavy atom. The maximum Gasteiger partial charge on any atom is 0.139 e. The van der Waals surface area contributed by atoms with Gasteiger partial charge in [0.2, 0.25) is 0 Å². The van der Waals surface area contributed by atoms with Gasteiger partial charge in [0.1, 0.15) is 18.1 Å². The minimum atomic E-state index is -0.0592. The van der Waals surface area contributed by atoms with E-state index in [0.29, 0.717) is 36.8 Å². The van der Waals surface area contributed by atoms with Gasteiger partial charge in [0, 0.05) is 18.9 Å². The molecule has 0 radical (unpaired) electrons. The summed E-state index contributed by atoms with van der Waals surface area (Å²) in [5.41, 5.74) is 5.37. The SMILES string of the molecule is COCCc1cc2c(cc1OCc1ccccc1)CC[C@@H]1[C@@H]2CC[C@]2(C)C(=O)CC[C@@H]12. The predicted molar refractivity (Wildman–Crippen MR) is 122 cm³/mol. The highest BCUT2D eigenvalue weighted by Crippen LogP contribution is 2.59. The van der Waals surface area contributed by atoms with Gasteiger partial charge in [-0.2, -0.15) is 0 Å². The Morgan fingerprint density at radius 3 is 2.71 bits per heavy atom. The Labute approximate surface area is 186 Å². The van der Waals surface area contributed by atoms with E-state index in [-0.39, 0.29) is 5.41 Å². The maximum absolute atomic E-state index is 12.6. The molecule has 0 heterocycles. The number of aryl methyl sites for hydroxylation is 1. The van der Waals surface area contributed by atoms with E-state index >= 15 is 0 Å². The fourth-order valence-corrected chi connectivity index (χ4v) is 6.69. The number of carbonyl (C=O) groups excluding carboxylic acids is 1. The topological polar surface area (TPSA) is 35.5 Å². The van der Waals surface area contributed by atoms with E-state index in [0.717, 1.165) is 44.3 Å². The van der Waals surface area contributed by atoms with E-state index in [1.807, 2.05) is 6.07 Å². The Morgan fingerprint density at radius 2 is 1.90 bits per heavy atom. The van der Waals surface area contributed by atoms with Crippen molar-refractivity contribution in [2.45, 2.75) is 64.4 Å². The van der Waals surface area contributed by atoms with Crippen molar-refractivity contribution < 1.29 is 14.3 Å². The van der Waals surface area contributed by atoms with Crippen LogP contribution in [0.1, 0.15) is 67.2 Å². The number of hydrogen-bond donors (Lipinski definition) is 0. The summed E-state index contributed by atoms with van der Waals surface area (Å²) in [5, 5.41) is 0. The first-order valence-electron chi connectivity index (χ1n) is 11.9. The van der Waals surface area contributed by atoms with Crippen LogP contribution >= 0.6 is 0 Å². The molecule has 4 atom stereocenters. The highest BCUT2D eigenvalue weighted by Gasteiger charge is 2.54. The molecule has 0 saturated heterocycles. The molecular formula is C28H34O3. The van der Waals surface area contributed by atoms with Gasteiger partial charge in [-0.05, 0) is 84.6 Å². The molecule has 0 aromatic heterocycles. The molecule has 3 aliphatic carbocycles. The molecule has 3 nitrogen and oxygen atoms in total. The largest absolute Gasteiger partial charge is 0.489 e. The summed E-state index contributed by atoms with van der Waals surface area (Å²) in [6, 6.07) is 15.1. The standard InChI is InChI=1S/C28H34O3/c1-28-14-12-22-23(25(28)10-11-27(28)29)9-8-20-17-26(21(13-15-30-2)16-24(20)22)31-18-19-6-4-3-5-7-19/h3-7,16-17,22-23,25H,8-15,18H2,1-2H3/t22-,23+,25-,28-/m0/s1.